The Balaban J connectivity index is 2.59. The van der Waals surface area contributed by atoms with Crippen molar-refractivity contribution in [1.82, 2.24) is 0 Å². The first kappa shape index (κ1) is 17.4. The van der Waals surface area contributed by atoms with Crippen LogP contribution in [0.2, 0.25) is 0 Å². The number of hydrogen-bond acceptors (Lipinski definition) is 6. The topological polar surface area (TPSA) is 74.2 Å². The molecule has 6 nitrogen and oxygen atoms in total. The van der Waals surface area contributed by atoms with Gasteiger partial charge in [0.15, 0.2) is 28.8 Å². The normalized spacial score (nSPS) is 10.2. The zero-order valence-electron chi connectivity index (χ0n) is 13.7. The van der Waals surface area contributed by atoms with Gasteiger partial charge in [0, 0.05) is 5.56 Å². The number of benzene rings is 2. The molecule has 2 aromatic carbocycles. The standard InChI is InChI=1S/C17H17FO6/c1-21-12-6-5-9(7-11(12)18)14(19)10-8-13(22-2)16(23-3)17(24-4)15(10)20/h5-8,20H,1-4H3. The zero-order chi connectivity index (χ0) is 17.9. The summed E-state index contributed by atoms with van der Waals surface area (Å²) in [5.74, 6) is -1.39. The Morgan fingerprint density at radius 1 is 0.917 bits per heavy atom. The predicted molar refractivity (Wildman–Crippen MR) is 84.1 cm³/mol. The van der Waals surface area contributed by atoms with Crippen molar-refractivity contribution in [2.45, 2.75) is 0 Å². The fraction of sp³-hybridized carbons (Fsp3) is 0.235. The minimum atomic E-state index is -0.685. The Kier molecular flexibility index (Phi) is 5.13. The van der Waals surface area contributed by atoms with E-state index < -0.39 is 17.3 Å². The van der Waals surface area contributed by atoms with E-state index in [1.807, 2.05) is 0 Å². The Morgan fingerprint density at radius 2 is 1.54 bits per heavy atom. The van der Waals surface area contributed by atoms with Crippen LogP contribution in [0.15, 0.2) is 24.3 Å². The maximum Gasteiger partial charge on any atom is 0.207 e. The van der Waals surface area contributed by atoms with E-state index in [1.54, 1.807) is 0 Å². The lowest BCUT2D eigenvalue weighted by Crippen LogP contribution is -2.06. The molecule has 0 atom stereocenters. The molecular formula is C17H17FO6. The molecule has 0 saturated heterocycles. The minimum Gasteiger partial charge on any atom is -0.504 e. The molecule has 1 N–H and O–H groups in total. The highest BCUT2D eigenvalue weighted by Gasteiger charge is 2.25. The first-order valence-electron chi connectivity index (χ1n) is 6.88. The van der Waals surface area contributed by atoms with E-state index in [0.29, 0.717) is 0 Å². The SMILES string of the molecule is COc1ccc(C(=O)c2cc(OC)c(OC)c(OC)c2O)cc1F. The van der Waals surface area contributed by atoms with Gasteiger partial charge in [0.1, 0.15) is 0 Å². The van der Waals surface area contributed by atoms with Crippen LogP contribution in [0.3, 0.4) is 0 Å². The molecule has 0 amide bonds. The van der Waals surface area contributed by atoms with E-state index in [2.05, 4.69) is 0 Å². The molecule has 128 valence electrons. The van der Waals surface area contributed by atoms with E-state index in [4.69, 9.17) is 18.9 Å². The molecule has 2 aromatic rings. The van der Waals surface area contributed by atoms with Gasteiger partial charge in [0.2, 0.25) is 11.5 Å². The lowest BCUT2D eigenvalue weighted by atomic mass is 10.0. The molecule has 0 saturated carbocycles. The highest BCUT2D eigenvalue weighted by Crippen LogP contribution is 2.46. The van der Waals surface area contributed by atoms with Crippen molar-refractivity contribution < 1.29 is 33.2 Å². The first-order chi connectivity index (χ1) is 11.5. The van der Waals surface area contributed by atoms with Crippen molar-refractivity contribution in [3.05, 3.63) is 41.2 Å². The Bertz CT molecular complexity index is 772. The number of halogens is 1. The average Bonchev–Trinajstić information content (AvgIpc) is 2.60. The van der Waals surface area contributed by atoms with Gasteiger partial charge in [-0.2, -0.15) is 0 Å². The van der Waals surface area contributed by atoms with Gasteiger partial charge in [-0.15, -0.1) is 0 Å². The molecule has 7 heteroatoms. The predicted octanol–water partition coefficient (Wildman–Crippen LogP) is 2.80. The third-order valence-corrected chi connectivity index (χ3v) is 3.46. The molecule has 0 radical (unpaired) electrons. The molecule has 0 aliphatic carbocycles. The number of ketones is 1. The van der Waals surface area contributed by atoms with E-state index in [-0.39, 0.29) is 34.1 Å². The molecule has 0 unspecified atom stereocenters. The summed E-state index contributed by atoms with van der Waals surface area (Å²) >= 11 is 0. The minimum absolute atomic E-state index is 0.0145. The number of hydrogen-bond donors (Lipinski definition) is 1. The van der Waals surface area contributed by atoms with Gasteiger partial charge in [-0.25, -0.2) is 4.39 Å². The number of ether oxygens (including phenoxy) is 4. The smallest absolute Gasteiger partial charge is 0.207 e. The van der Waals surface area contributed by atoms with Crippen molar-refractivity contribution in [2.75, 3.05) is 28.4 Å². The van der Waals surface area contributed by atoms with Crippen molar-refractivity contribution in [1.29, 1.82) is 0 Å². The van der Waals surface area contributed by atoms with Crippen molar-refractivity contribution in [3.8, 4) is 28.7 Å². The molecular weight excluding hydrogens is 319 g/mol. The quantitative estimate of drug-likeness (QED) is 0.818. The maximum absolute atomic E-state index is 13.8. The van der Waals surface area contributed by atoms with Crippen LogP contribution in [0.5, 0.6) is 28.7 Å². The molecule has 0 aliphatic heterocycles. The molecule has 0 aromatic heterocycles. The van der Waals surface area contributed by atoms with Crippen LogP contribution in [0.1, 0.15) is 15.9 Å². The number of phenols is 1. The third kappa shape index (κ3) is 2.92. The molecule has 2 rings (SSSR count). The monoisotopic (exact) mass is 336 g/mol. The maximum atomic E-state index is 13.8. The number of aromatic hydroxyl groups is 1. The number of rotatable bonds is 6. The molecule has 0 heterocycles. The molecule has 0 bridgehead atoms. The number of phenolic OH excluding ortho intramolecular Hbond substituents is 1. The van der Waals surface area contributed by atoms with Gasteiger partial charge < -0.3 is 24.1 Å². The summed E-state index contributed by atoms with van der Waals surface area (Å²) in [5, 5.41) is 10.3. The third-order valence-electron chi connectivity index (χ3n) is 3.46. The van der Waals surface area contributed by atoms with Gasteiger partial charge in [0.25, 0.3) is 0 Å². The Hall–Kier alpha value is -2.96. The van der Waals surface area contributed by atoms with Crippen molar-refractivity contribution in [3.63, 3.8) is 0 Å². The van der Waals surface area contributed by atoms with Crippen LogP contribution < -0.4 is 18.9 Å². The van der Waals surface area contributed by atoms with E-state index >= 15 is 0 Å². The Labute approximate surface area is 138 Å². The fourth-order valence-corrected chi connectivity index (χ4v) is 2.28. The van der Waals surface area contributed by atoms with E-state index in [9.17, 15) is 14.3 Å². The summed E-state index contributed by atoms with van der Waals surface area (Å²) in [4.78, 5) is 12.6. The highest BCUT2D eigenvalue weighted by molar-refractivity contribution is 6.11. The second-order valence-corrected chi connectivity index (χ2v) is 4.72. The van der Waals surface area contributed by atoms with Crippen LogP contribution >= 0.6 is 0 Å². The van der Waals surface area contributed by atoms with Crippen molar-refractivity contribution >= 4 is 5.78 Å². The Morgan fingerprint density at radius 3 is 2.04 bits per heavy atom. The summed E-state index contributed by atoms with van der Waals surface area (Å²) < 4.78 is 34.0. The van der Waals surface area contributed by atoms with Crippen LogP contribution in [0, 0.1) is 5.82 Å². The molecule has 0 fully saturated rings. The largest absolute Gasteiger partial charge is 0.504 e. The molecule has 24 heavy (non-hydrogen) atoms. The van der Waals surface area contributed by atoms with Crippen molar-refractivity contribution in [2.24, 2.45) is 0 Å². The molecule has 0 spiro atoms. The summed E-state index contributed by atoms with van der Waals surface area (Å²) in [6.45, 7) is 0. The number of carbonyl (C=O) groups excluding carboxylic acids is 1. The van der Waals surface area contributed by atoms with Gasteiger partial charge in [-0.1, -0.05) is 0 Å². The van der Waals surface area contributed by atoms with Crippen LogP contribution in [-0.2, 0) is 0 Å². The van der Waals surface area contributed by atoms with Gasteiger partial charge >= 0.3 is 0 Å². The lowest BCUT2D eigenvalue weighted by molar-refractivity contribution is 0.103. The summed E-state index contributed by atoms with van der Waals surface area (Å²) in [6.07, 6.45) is 0. The first-order valence-corrected chi connectivity index (χ1v) is 6.88. The van der Waals surface area contributed by atoms with Gasteiger partial charge in [0.05, 0.1) is 34.0 Å². The summed E-state index contributed by atoms with van der Waals surface area (Å²) in [6, 6.07) is 5.06. The lowest BCUT2D eigenvalue weighted by Gasteiger charge is -2.16. The average molecular weight is 336 g/mol. The second kappa shape index (κ2) is 7.08. The highest BCUT2D eigenvalue weighted by atomic mass is 19.1. The van der Waals surface area contributed by atoms with Crippen LogP contribution in [0.4, 0.5) is 4.39 Å². The zero-order valence-corrected chi connectivity index (χ0v) is 13.7. The molecule has 0 aliphatic rings. The number of carbonyl (C=O) groups is 1. The van der Waals surface area contributed by atoms with Gasteiger partial charge in [-0.05, 0) is 24.3 Å². The van der Waals surface area contributed by atoms with E-state index in [1.165, 1.54) is 46.6 Å². The summed E-state index contributed by atoms with van der Waals surface area (Å²) in [7, 11) is 5.40. The van der Waals surface area contributed by atoms with Crippen LogP contribution in [0.25, 0.3) is 0 Å². The fourth-order valence-electron chi connectivity index (χ4n) is 2.28. The van der Waals surface area contributed by atoms with Crippen LogP contribution in [-0.4, -0.2) is 39.3 Å². The van der Waals surface area contributed by atoms with Gasteiger partial charge in [-0.3, -0.25) is 4.79 Å². The van der Waals surface area contributed by atoms with E-state index in [0.717, 1.165) is 6.07 Å². The summed E-state index contributed by atoms with van der Waals surface area (Å²) in [5.41, 5.74) is -0.0630. The number of methoxy groups -OCH3 is 4. The second-order valence-electron chi connectivity index (χ2n) is 4.72.